The van der Waals surface area contributed by atoms with Gasteiger partial charge >= 0.3 is 0 Å². The van der Waals surface area contributed by atoms with E-state index in [1.54, 1.807) is 6.08 Å². The van der Waals surface area contributed by atoms with E-state index in [1.165, 1.54) is 11.1 Å². The van der Waals surface area contributed by atoms with Crippen LogP contribution in [0.1, 0.15) is 16.8 Å². The van der Waals surface area contributed by atoms with Crippen LogP contribution in [0, 0.1) is 26.2 Å². The monoisotopic (exact) mass is 336 g/mol. The highest BCUT2D eigenvalue weighted by Crippen LogP contribution is 2.32. The fourth-order valence-corrected chi connectivity index (χ4v) is 3.41. The third-order valence-corrected chi connectivity index (χ3v) is 4.93. The Hall–Kier alpha value is -2.71. The number of terminal acetylenes is 1. The summed E-state index contributed by atoms with van der Waals surface area (Å²) in [6.45, 7) is 4.13. The summed E-state index contributed by atoms with van der Waals surface area (Å²) in [4.78, 5) is 25.7. The molecule has 2 heterocycles. The largest absolute Gasteiger partial charge is 0.317 e. The van der Waals surface area contributed by atoms with Crippen molar-refractivity contribution in [2.45, 2.75) is 13.8 Å². The van der Waals surface area contributed by atoms with Crippen molar-refractivity contribution in [3.05, 3.63) is 58.3 Å². The van der Waals surface area contributed by atoms with Gasteiger partial charge < -0.3 is 4.57 Å². The predicted molar refractivity (Wildman–Crippen MR) is 96.8 cm³/mol. The van der Waals surface area contributed by atoms with Crippen molar-refractivity contribution in [1.82, 2.24) is 9.47 Å². The zero-order chi connectivity index (χ0) is 17.3. The van der Waals surface area contributed by atoms with Gasteiger partial charge in [-0.15, -0.1) is 6.42 Å². The third kappa shape index (κ3) is 2.77. The van der Waals surface area contributed by atoms with Gasteiger partial charge in [-0.2, -0.15) is 0 Å². The number of carbonyl (C=O) groups excluding carboxylic acids is 2. The molecule has 1 saturated heterocycles. The first-order valence-corrected chi connectivity index (χ1v) is 8.27. The number of aromatic nitrogens is 1. The van der Waals surface area contributed by atoms with E-state index in [0.29, 0.717) is 4.91 Å². The van der Waals surface area contributed by atoms with Crippen LogP contribution >= 0.6 is 11.8 Å². The predicted octanol–water partition coefficient (Wildman–Crippen LogP) is 3.76. The molecule has 120 valence electrons. The standard InChI is InChI=1S/C19H16N2O2S/c1-4-10-21-18(22)17(24-19(21)23)12-15-8-6-11-20(15)16-9-5-7-13(2)14(16)3/h1,5-9,11-12H,10H2,2-3H3/b17-12+. The molecule has 0 unspecified atom stereocenters. The topological polar surface area (TPSA) is 42.3 Å². The van der Waals surface area contributed by atoms with E-state index in [0.717, 1.165) is 28.0 Å². The number of benzene rings is 1. The van der Waals surface area contributed by atoms with E-state index >= 15 is 0 Å². The summed E-state index contributed by atoms with van der Waals surface area (Å²) < 4.78 is 2.01. The van der Waals surface area contributed by atoms with E-state index in [2.05, 4.69) is 25.8 Å². The molecular formula is C19H16N2O2S. The molecule has 0 saturated carbocycles. The molecule has 1 aromatic heterocycles. The summed E-state index contributed by atoms with van der Waals surface area (Å²) in [5, 5.41) is -0.325. The van der Waals surface area contributed by atoms with Crippen molar-refractivity contribution in [2.24, 2.45) is 0 Å². The van der Waals surface area contributed by atoms with Gasteiger partial charge in [-0.1, -0.05) is 18.1 Å². The maximum atomic E-state index is 12.3. The number of aryl methyl sites for hydroxylation is 1. The number of imide groups is 1. The summed E-state index contributed by atoms with van der Waals surface area (Å²) in [6, 6.07) is 9.93. The molecule has 0 spiro atoms. The van der Waals surface area contributed by atoms with E-state index in [1.807, 2.05) is 35.0 Å². The summed E-state index contributed by atoms with van der Waals surface area (Å²) in [6.07, 6.45) is 8.90. The second-order valence-corrected chi connectivity index (χ2v) is 6.49. The van der Waals surface area contributed by atoms with Gasteiger partial charge in [0, 0.05) is 17.6 Å². The Bertz CT molecular complexity index is 902. The molecule has 0 atom stereocenters. The number of rotatable bonds is 3. The Morgan fingerprint density at radius 2 is 2.00 bits per heavy atom. The molecule has 1 aliphatic rings. The number of hydrogen-bond donors (Lipinski definition) is 0. The first-order chi connectivity index (χ1) is 11.5. The Kier molecular flexibility index (Phi) is 4.32. The lowest BCUT2D eigenvalue weighted by molar-refractivity contribution is -0.122. The molecule has 24 heavy (non-hydrogen) atoms. The Balaban J connectivity index is 2.01. The van der Waals surface area contributed by atoms with Crippen molar-refractivity contribution in [1.29, 1.82) is 0 Å². The molecule has 0 aliphatic carbocycles. The number of nitrogens with zero attached hydrogens (tertiary/aromatic N) is 2. The van der Waals surface area contributed by atoms with Gasteiger partial charge in [-0.05, 0) is 61.0 Å². The summed E-state index contributed by atoms with van der Waals surface area (Å²) in [7, 11) is 0. The van der Waals surface area contributed by atoms with Gasteiger partial charge in [0.05, 0.1) is 11.4 Å². The quantitative estimate of drug-likeness (QED) is 0.633. The molecule has 4 nitrogen and oxygen atoms in total. The van der Waals surface area contributed by atoms with Crippen molar-refractivity contribution in [3.63, 3.8) is 0 Å². The SMILES string of the molecule is C#CCN1C(=O)S/C(=C/c2cccn2-c2cccc(C)c2C)C1=O. The lowest BCUT2D eigenvalue weighted by Gasteiger charge is -2.12. The molecule has 3 rings (SSSR count). The van der Waals surface area contributed by atoms with Crippen LogP contribution < -0.4 is 0 Å². The molecule has 2 amide bonds. The molecule has 0 bridgehead atoms. The molecule has 2 aromatic rings. The zero-order valence-electron chi connectivity index (χ0n) is 13.4. The average molecular weight is 336 g/mol. The average Bonchev–Trinajstić information content (AvgIpc) is 3.11. The number of hydrogen-bond acceptors (Lipinski definition) is 3. The van der Waals surface area contributed by atoms with Gasteiger partial charge in [0.25, 0.3) is 11.1 Å². The molecule has 1 fully saturated rings. The normalized spacial score (nSPS) is 16.0. The second kappa shape index (κ2) is 6.42. The van der Waals surface area contributed by atoms with E-state index in [4.69, 9.17) is 6.42 Å². The summed E-state index contributed by atoms with van der Waals surface area (Å²) >= 11 is 0.921. The van der Waals surface area contributed by atoms with Gasteiger partial charge in [0.2, 0.25) is 0 Å². The first kappa shape index (κ1) is 16.2. The highest BCUT2D eigenvalue weighted by atomic mass is 32.2. The van der Waals surface area contributed by atoms with Crippen LogP contribution in [0.3, 0.4) is 0 Å². The fourth-order valence-electron chi connectivity index (χ4n) is 2.59. The highest BCUT2D eigenvalue weighted by molar-refractivity contribution is 8.18. The minimum atomic E-state index is -0.336. The van der Waals surface area contributed by atoms with Crippen LogP contribution in [0.4, 0.5) is 4.79 Å². The maximum Gasteiger partial charge on any atom is 0.294 e. The van der Waals surface area contributed by atoms with Crippen molar-refractivity contribution in [3.8, 4) is 18.0 Å². The minimum absolute atomic E-state index is 0.00000664. The molecule has 5 heteroatoms. The lowest BCUT2D eigenvalue weighted by atomic mass is 10.1. The Morgan fingerprint density at radius 3 is 2.75 bits per heavy atom. The zero-order valence-corrected chi connectivity index (χ0v) is 14.3. The van der Waals surface area contributed by atoms with Gasteiger partial charge in [-0.25, -0.2) is 0 Å². The van der Waals surface area contributed by atoms with E-state index in [-0.39, 0.29) is 17.7 Å². The minimum Gasteiger partial charge on any atom is -0.317 e. The maximum absolute atomic E-state index is 12.3. The van der Waals surface area contributed by atoms with Crippen LogP contribution in [-0.2, 0) is 4.79 Å². The number of amides is 2. The van der Waals surface area contributed by atoms with Crippen molar-refractivity contribution in [2.75, 3.05) is 6.54 Å². The lowest BCUT2D eigenvalue weighted by Crippen LogP contribution is -2.28. The Labute approximate surface area is 145 Å². The van der Waals surface area contributed by atoms with Crippen LogP contribution in [-0.4, -0.2) is 27.2 Å². The van der Waals surface area contributed by atoms with Gasteiger partial charge in [-0.3, -0.25) is 14.5 Å². The van der Waals surface area contributed by atoms with Crippen LogP contribution in [0.25, 0.3) is 11.8 Å². The van der Waals surface area contributed by atoms with Crippen LogP contribution in [0.15, 0.2) is 41.4 Å². The summed E-state index contributed by atoms with van der Waals surface area (Å²) in [5.41, 5.74) is 4.26. The molecule has 0 radical (unpaired) electrons. The fraction of sp³-hybridized carbons (Fsp3) is 0.158. The Morgan fingerprint density at radius 1 is 1.21 bits per heavy atom. The number of thioether (sulfide) groups is 1. The van der Waals surface area contributed by atoms with Gasteiger partial charge in [0.1, 0.15) is 0 Å². The molecule has 1 aliphatic heterocycles. The van der Waals surface area contributed by atoms with E-state index < -0.39 is 0 Å². The first-order valence-electron chi connectivity index (χ1n) is 7.45. The van der Waals surface area contributed by atoms with Crippen LogP contribution in [0.2, 0.25) is 0 Å². The second-order valence-electron chi connectivity index (χ2n) is 5.49. The van der Waals surface area contributed by atoms with Crippen molar-refractivity contribution >= 4 is 29.0 Å². The van der Waals surface area contributed by atoms with Crippen molar-refractivity contribution < 1.29 is 9.59 Å². The van der Waals surface area contributed by atoms with Gasteiger partial charge in [0.15, 0.2) is 0 Å². The third-order valence-electron chi connectivity index (χ3n) is 4.02. The smallest absolute Gasteiger partial charge is 0.294 e. The number of carbonyl (C=O) groups is 2. The molecule has 1 aromatic carbocycles. The molecular weight excluding hydrogens is 320 g/mol. The highest BCUT2D eigenvalue weighted by Gasteiger charge is 2.34. The molecule has 0 N–H and O–H groups in total. The summed E-state index contributed by atoms with van der Waals surface area (Å²) in [5.74, 6) is 2.00. The van der Waals surface area contributed by atoms with E-state index in [9.17, 15) is 9.59 Å². The van der Waals surface area contributed by atoms with Crippen LogP contribution in [0.5, 0.6) is 0 Å².